The van der Waals surface area contributed by atoms with Crippen molar-refractivity contribution < 1.29 is 9.53 Å². The van der Waals surface area contributed by atoms with Crippen molar-refractivity contribution >= 4 is 46.9 Å². The number of amides is 1. The lowest BCUT2D eigenvalue weighted by molar-refractivity contribution is 0.0963. The molecule has 1 fully saturated rings. The second kappa shape index (κ2) is 11.1. The smallest absolute Gasteiger partial charge is 0.409 e. The van der Waals surface area contributed by atoms with Gasteiger partial charge in [0.25, 0.3) is 0 Å². The van der Waals surface area contributed by atoms with Gasteiger partial charge in [0.1, 0.15) is 0 Å². The number of likely N-dealkylation sites (tertiary alicyclic amines) is 1. The molecule has 1 amide bonds. The first-order valence-corrected chi connectivity index (χ1v) is 9.70. The van der Waals surface area contributed by atoms with Gasteiger partial charge in [0.2, 0.25) is 0 Å². The van der Waals surface area contributed by atoms with E-state index in [4.69, 9.17) is 10.5 Å². The van der Waals surface area contributed by atoms with Gasteiger partial charge in [-0.15, -0.1) is 24.0 Å². The van der Waals surface area contributed by atoms with Crippen LogP contribution in [0, 0.1) is 0 Å². The number of guanidine groups is 1. The number of H-pyrrole nitrogens is 1. The first-order valence-electron chi connectivity index (χ1n) is 9.70. The lowest BCUT2D eigenvalue weighted by atomic mass is 10.1. The number of hydrogen-bond acceptors (Lipinski definition) is 3. The van der Waals surface area contributed by atoms with Gasteiger partial charge >= 0.3 is 6.09 Å². The van der Waals surface area contributed by atoms with E-state index >= 15 is 0 Å². The van der Waals surface area contributed by atoms with Crippen molar-refractivity contribution in [2.75, 3.05) is 26.2 Å². The van der Waals surface area contributed by atoms with E-state index in [1.54, 1.807) is 4.90 Å². The van der Waals surface area contributed by atoms with Gasteiger partial charge in [-0.1, -0.05) is 18.2 Å². The molecule has 154 valence electrons. The maximum absolute atomic E-state index is 11.7. The van der Waals surface area contributed by atoms with Crippen LogP contribution in [0.4, 0.5) is 4.79 Å². The number of ether oxygens (including phenoxy) is 1. The third kappa shape index (κ3) is 6.02. The van der Waals surface area contributed by atoms with Gasteiger partial charge in [0.15, 0.2) is 5.96 Å². The largest absolute Gasteiger partial charge is 0.450 e. The molecule has 7 nitrogen and oxygen atoms in total. The topological polar surface area (TPSA) is 95.7 Å². The Hall–Kier alpha value is -1.97. The SMILES string of the molecule is CCOC(=O)N1CCC(NC(N)=NCCCc2c[nH]c3ccccc23)CC1.I. The highest BCUT2D eigenvalue weighted by atomic mass is 127. The highest BCUT2D eigenvalue weighted by Crippen LogP contribution is 2.18. The number of aryl methyl sites for hydroxylation is 1. The van der Waals surface area contributed by atoms with E-state index in [9.17, 15) is 4.79 Å². The van der Waals surface area contributed by atoms with Crippen LogP contribution in [-0.4, -0.2) is 54.2 Å². The number of halogens is 1. The zero-order valence-electron chi connectivity index (χ0n) is 16.3. The summed E-state index contributed by atoms with van der Waals surface area (Å²) in [5, 5.41) is 4.56. The maximum atomic E-state index is 11.7. The molecule has 0 spiro atoms. The fourth-order valence-corrected chi connectivity index (χ4v) is 3.48. The number of aromatic amines is 1. The third-order valence-electron chi connectivity index (χ3n) is 4.93. The van der Waals surface area contributed by atoms with Gasteiger partial charge in [-0.2, -0.15) is 0 Å². The average molecular weight is 499 g/mol. The number of piperidine rings is 1. The molecule has 1 aromatic carbocycles. The van der Waals surface area contributed by atoms with E-state index < -0.39 is 0 Å². The molecule has 1 aliphatic rings. The molecule has 2 heterocycles. The molecule has 2 aromatic rings. The first kappa shape index (κ1) is 22.3. The fourth-order valence-electron chi connectivity index (χ4n) is 3.48. The molecule has 3 rings (SSSR count). The summed E-state index contributed by atoms with van der Waals surface area (Å²) in [6.45, 7) is 4.30. The van der Waals surface area contributed by atoms with Gasteiger partial charge in [-0.25, -0.2) is 4.79 Å². The van der Waals surface area contributed by atoms with Crippen LogP contribution in [0.5, 0.6) is 0 Å². The number of benzene rings is 1. The predicted octanol–water partition coefficient (Wildman–Crippen LogP) is 3.24. The normalized spacial score (nSPS) is 15.3. The quantitative estimate of drug-likeness (QED) is 0.246. The van der Waals surface area contributed by atoms with Crippen LogP contribution in [0.15, 0.2) is 35.5 Å². The van der Waals surface area contributed by atoms with E-state index in [1.807, 2.05) is 13.0 Å². The van der Waals surface area contributed by atoms with Crippen molar-refractivity contribution in [3.05, 3.63) is 36.0 Å². The molecule has 0 saturated carbocycles. The Balaban J connectivity index is 0.00000280. The molecule has 28 heavy (non-hydrogen) atoms. The second-order valence-corrected chi connectivity index (χ2v) is 6.83. The van der Waals surface area contributed by atoms with Crippen LogP contribution in [0.25, 0.3) is 10.9 Å². The average Bonchev–Trinajstić information content (AvgIpc) is 3.09. The first-order chi connectivity index (χ1) is 13.2. The molecule has 0 radical (unpaired) electrons. The molecule has 1 saturated heterocycles. The van der Waals surface area contributed by atoms with E-state index in [0.29, 0.717) is 32.2 Å². The maximum Gasteiger partial charge on any atom is 0.409 e. The Bertz CT molecular complexity index is 784. The van der Waals surface area contributed by atoms with Crippen molar-refractivity contribution in [3.63, 3.8) is 0 Å². The monoisotopic (exact) mass is 499 g/mol. The van der Waals surface area contributed by atoms with Crippen molar-refractivity contribution in [1.82, 2.24) is 15.2 Å². The summed E-state index contributed by atoms with van der Waals surface area (Å²) in [4.78, 5) is 21.2. The van der Waals surface area contributed by atoms with Crippen LogP contribution >= 0.6 is 24.0 Å². The number of nitrogens with one attached hydrogen (secondary N) is 2. The van der Waals surface area contributed by atoms with Crippen LogP contribution in [0.1, 0.15) is 31.7 Å². The molecular weight excluding hydrogens is 469 g/mol. The van der Waals surface area contributed by atoms with Crippen molar-refractivity contribution in [2.45, 2.75) is 38.6 Å². The fraction of sp³-hybridized carbons (Fsp3) is 0.500. The minimum absolute atomic E-state index is 0. The summed E-state index contributed by atoms with van der Waals surface area (Å²) in [6.07, 6.45) is 5.47. The number of aliphatic imine (C=N–C) groups is 1. The summed E-state index contributed by atoms with van der Waals surface area (Å²) < 4.78 is 5.04. The number of nitrogens with zero attached hydrogens (tertiary/aromatic N) is 2. The summed E-state index contributed by atoms with van der Waals surface area (Å²) in [5.74, 6) is 0.489. The molecule has 0 bridgehead atoms. The summed E-state index contributed by atoms with van der Waals surface area (Å²) >= 11 is 0. The predicted molar refractivity (Wildman–Crippen MR) is 123 cm³/mol. The third-order valence-corrected chi connectivity index (χ3v) is 4.93. The van der Waals surface area contributed by atoms with Crippen molar-refractivity contribution in [2.24, 2.45) is 10.7 Å². The van der Waals surface area contributed by atoms with Crippen LogP contribution in [0.3, 0.4) is 0 Å². The number of carbonyl (C=O) groups is 1. The number of nitrogens with two attached hydrogens (primary N) is 1. The summed E-state index contributed by atoms with van der Waals surface area (Å²) in [7, 11) is 0. The van der Waals surface area contributed by atoms with Crippen molar-refractivity contribution in [3.8, 4) is 0 Å². The summed E-state index contributed by atoms with van der Waals surface area (Å²) in [6, 6.07) is 8.59. The zero-order chi connectivity index (χ0) is 19.1. The molecule has 1 aliphatic heterocycles. The van der Waals surface area contributed by atoms with Gasteiger partial charge in [-0.3, -0.25) is 4.99 Å². The number of para-hydroxylation sites is 1. The molecule has 0 atom stereocenters. The number of carbonyl (C=O) groups excluding carboxylic acids is 1. The lowest BCUT2D eigenvalue weighted by Crippen LogP contribution is -2.48. The minimum atomic E-state index is -0.227. The highest BCUT2D eigenvalue weighted by Gasteiger charge is 2.23. The summed E-state index contributed by atoms with van der Waals surface area (Å²) in [5.41, 5.74) is 8.51. The number of hydrogen-bond donors (Lipinski definition) is 3. The van der Waals surface area contributed by atoms with E-state index in [2.05, 4.69) is 39.7 Å². The van der Waals surface area contributed by atoms with Gasteiger partial charge in [0, 0.05) is 42.8 Å². The molecule has 1 aromatic heterocycles. The molecular formula is C20H30IN5O2. The zero-order valence-corrected chi connectivity index (χ0v) is 18.6. The highest BCUT2D eigenvalue weighted by molar-refractivity contribution is 14.0. The van der Waals surface area contributed by atoms with E-state index in [0.717, 1.165) is 25.7 Å². The van der Waals surface area contributed by atoms with E-state index in [-0.39, 0.29) is 36.1 Å². The second-order valence-electron chi connectivity index (χ2n) is 6.83. The molecule has 0 unspecified atom stereocenters. The molecule has 0 aliphatic carbocycles. The van der Waals surface area contributed by atoms with Gasteiger partial charge in [-0.05, 0) is 44.2 Å². The number of rotatable bonds is 6. The van der Waals surface area contributed by atoms with Crippen LogP contribution in [-0.2, 0) is 11.2 Å². The number of fused-ring (bicyclic) bond motifs is 1. The number of aromatic nitrogens is 1. The van der Waals surface area contributed by atoms with Gasteiger partial charge in [0.05, 0.1) is 6.61 Å². The van der Waals surface area contributed by atoms with Crippen LogP contribution < -0.4 is 11.1 Å². The van der Waals surface area contributed by atoms with Gasteiger partial charge < -0.3 is 25.7 Å². The van der Waals surface area contributed by atoms with Crippen LogP contribution in [0.2, 0.25) is 0 Å². The Labute approximate surface area is 183 Å². The van der Waals surface area contributed by atoms with E-state index in [1.165, 1.54) is 16.5 Å². The Morgan fingerprint density at radius 3 is 2.86 bits per heavy atom. The minimum Gasteiger partial charge on any atom is -0.450 e. The molecule has 4 N–H and O–H groups in total. The Morgan fingerprint density at radius 1 is 1.36 bits per heavy atom. The lowest BCUT2D eigenvalue weighted by Gasteiger charge is -2.31. The Morgan fingerprint density at radius 2 is 2.11 bits per heavy atom. The Kier molecular flexibility index (Phi) is 8.88. The molecule has 8 heteroatoms. The van der Waals surface area contributed by atoms with Crippen molar-refractivity contribution in [1.29, 1.82) is 0 Å². The standard InChI is InChI=1S/C20H29N5O2.HI/c1-2-27-20(26)25-12-9-16(10-13-25)24-19(21)22-11-5-6-15-14-23-18-8-4-3-7-17(15)18;/h3-4,7-8,14,16,23H,2,5-6,9-13H2,1H3,(H3,21,22,24);1H.